The Bertz CT molecular complexity index is 962. The third-order valence-corrected chi connectivity index (χ3v) is 8.91. The second-order valence-corrected chi connectivity index (χ2v) is 15.0. The Hall–Kier alpha value is -2.25. The summed E-state index contributed by atoms with van der Waals surface area (Å²) in [4.78, 5) is 44.5. The predicted molar refractivity (Wildman–Crippen MR) is 140 cm³/mol. The van der Waals surface area contributed by atoms with Gasteiger partial charge in [0.25, 0.3) is 5.91 Å². The molecule has 1 aromatic carbocycles. The second kappa shape index (κ2) is 13.7. The Kier molecular flexibility index (Phi) is 11.4. The van der Waals surface area contributed by atoms with E-state index >= 15 is 0 Å². The van der Waals surface area contributed by atoms with E-state index in [9.17, 15) is 24.4 Å². The lowest BCUT2D eigenvalue weighted by Gasteiger charge is -2.24. The third kappa shape index (κ3) is 10.9. The molecule has 0 unspecified atom stereocenters. The molecule has 0 fully saturated rings. The largest absolute Gasteiger partial charge is 0.475 e. The summed E-state index contributed by atoms with van der Waals surface area (Å²) in [7, 11) is -4.02. The van der Waals surface area contributed by atoms with Gasteiger partial charge in [-0.05, 0) is 43.8 Å². The highest BCUT2D eigenvalue weighted by Crippen LogP contribution is 2.18. The first-order valence-electron chi connectivity index (χ1n) is 11.6. The zero-order valence-electron chi connectivity index (χ0n) is 20.6. The number of nitrogens with one attached hydrogen (secondary N) is 2. The average Bonchev–Trinajstić information content (AvgIpc) is 2.79. The van der Waals surface area contributed by atoms with Crippen molar-refractivity contribution in [3.05, 3.63) is 54.0 Å². The van der Waals surface area contributed by atoms with Crippen LogP contribution in [-0.4, -0.2) is 69.4 Å². The maximum absolute atomic E-state index is 13.1. The predicted octanol–water partition coefficient (Wildman–Crippen LogP) is 1.58. The van der Waals surface area contributed by atoms with Crippen LogP contribution in [0.15, 0.2) is 47.8 Å². The molecular weight excluding hydrogens is 483 g/mol. The summed E-state index contributed by atoms with van der Waals surface area (Å²) < 4.78 is 0. The lowest BCUT2D eigenvalue weighted by atomic mass is 9.75. The Morgan fingerprint density at radius 3 is 2.40 bits per heavy atom. The summed E-state index contributed by atoms with van der Waals surface area (Å²) in [6.45, 7) is 7.46. The zero-order valence-corrected chi connectivity index (χ0v) is 22.5. The molecular formula is C23H35BN4O5SSi. The maximum Gasteiger partial charge on any atom is 0.475 e. The molecule has 0 bridgehead atoms. The van der Waals surface area contributed by atoms with Crippen LogP contribution in [0.4, 0.5) is 0 Å². The molecule has 9 nitrogen and oxygen atoms in total. The fourth-order valence-corrected chi connectivity index (χ4v) is 5.58. The van der Waals surface area contributed by atoms with Crippen molar-refractivity contribution in [1.29, 1.82) is 0 Å². The number of nitrogens with zero attached hydrogens (tertiary/aromatic N) is 2. The van der Waals surface area contributed by atoms with Crippen molar-refractivity contribution in [2.75, 3.05) is 5.38 Å². The van der Waals surface area contributed by atoms with Gasteiger partial charge in [0.05, 0.1) is 18.3 Å². The summed E-state index contributed by atoms with van der Waals surface area (Å²) in [5.41, 5.74) is 1.07. The van der Waals surface area contributed by atoms with E-state index in [-0.39, 0.29) is 11.6 Å². The molecule has 0 saturated carbocycles. The van der Waals surface area contributed by atoms with Crippen LogP contribution in [0.3, 0.4) is 0 Å². The quantitative estimate of drug-likeness (QED) is 0.199. The van der Waals surface area contributed by atoms with E-state index < -0.39 is 39.2 Å². The number of benzene rings is 1. The van der Waals surface area contributed by atoms with E-state index in [2.05, 4.69) is 20.6 Å². The molecule has 35 heavy (non-hydrogen) atoms. The van der Waals surface area contributed by atoms with Gasteiger partial charge >= 0.3 is 7.12 Å². The highest BCUT2D eigenvalue weighted by atomic mass is 32.2. The Morgan fingerprint density at radius 1 is 1.11 bits per heavy atom. The van der Waals surface area contributed by atoms with E-state index in [4.69, 9.17) is 0 Å². The number of aromatic nitrogens is 2. The molecule has 0 aliphatic heterocycles. The SMILES string of the molecule is CC(C)C[C@H](NC(=O)[C@H](CCc1ccccc1)NC(=O)c1cncc(SC[Si](C)(C)O)n1)B(O)O. The standard InChI is InChI=1S/C23H35BN4O5SSi/c1-16(2)12-20(24(31)32)28-22(29)18(11-10-17-8-6-5-7-9-17)27-23(30)19-13-25-14-21(26-19)34-15-35(3,4)33/h5-9,13-14,16,18,20,31-33H,10-12,15H2,1-4H3,(H,27,30)(H,28,29)/t18-,20-/m0/s1. The lowest BCUT2D eigenvalue weighted by Crippen LogP contribution is -2.54. The molecule has 0 saturated heterocycles. The molecule has 2 amide bonds. The molecule has 2 rings (SSSR count). The number of rotatable bonds is 13. The van der Waals surface area contributed by atoms with E-state index in [1.807, 2.05) is 57.3 Å². The number of carbonyl (C=O) groups is 2. The van der Waals surface area contributed by atoms with Crippen molar-refractivity contribution in [3.8, 4) is 0 Å². The zero-order chi connectivity index (χ0) is 26.0. The van der Waals surface area contributed by atoms with Crippen LogP contribution in [0.2, 0.25) is 13.1 Å². The van der Waals surface area contributed by atoms with Crippen molar-refractivity contribution < 1.29 is 24.4 Å². The summed E-state index contributed by atoms with van der Waals surface area (Å²) in [5.74, 6) is -1.79. The van der Waals surface area contributed by atoms with Crippen molar-refractivity contribution in [2.24, 2.45) is 5.92 Å². The summed E-state index contributed by atoms with van der Waals surface area (Å²) in [6, 6.07) is 8.66. The van der Waals surface area contributed by atoms with Crippen molar-refractivity contribution in [2.45, 2.75) is 63.2 Å². The third-order valence-electron chi connectivity index (χ3n) is 5.02. The minimum absolute atomic E-state index is 0.0610. The molecule has 1 heterocycles. The fraction of sp³-hybridized carbons (Fsp3) is 0.478. The molecule has 0 aliphatic rings. The van der Waals surface area contributed by atoms with Gasteiger partial charge in [0.15, 0.2) is 8.32 Å². The minimum Gasteiger partial charge on any atom is -0.431 e. The van der Waals surface area contributed by atoms with Gasteiger partial charge in [-0.25, -0.2) is 4.98 Å². The molecule has 0 spiro atoms. The number of aryl methyl sites for hydroxylation is 1. The first-order valence-corrected chi connectivity index (χ1v) is 15.8. The Labute approximate surface area is 212 Å². The van der Waals surface area contributed by atoms with E-state index in [1.165, 1.54) is 24.2 Å². The van der Waals surface area contributed by atoms with E-state index in [0.29, 0.717) is 29.7 Å². The Morgan fingerprint density at radius 2 is 1.80 bits per heavy atom. The van der Waals surface area contributed by atoms with Crippen molar-refractivity contribution in [3.63, 3.8) is 0 Å². The van der Waals surface area contributed by atoms with E-state index in [0.717, 1.165) is 5.56 Å². The first kappa shape index (κ1) is 29.0. The van der Waals surface area contributed by atoms with Gasteiger partial charge in [-0.3, -0.25) is 14.6 Å². The summed E-state index contributed by atoms with van der Waals surface area (Å²) in [6.07, 6.45) is 4.07. The topological polar surface area (TPSA) is 145 Å². The number of thioether (sulfide) groups is 1. The second-order valence-electron chi connectivity index (χ2n) is 9.55. The number of hydrogen-bond donors (Lipinski definition) is 5. The van der Waals surface area contributed by atoms with E-state index in [1.54, 1.807) is 0 Å². The van der Waals surface area contributed by atoms with Gasteiger partial charge in [0.1, 0.15) is 16.8 Å². The molecule has 2 aromatic rings. The van der Waals surface area contributed by atoms with Gasteiger partial charge < -0.3 is 25.5 Å². The maximum atomic E-state index is 13.1. The van der Waals surface area contributed by atoms with Crippen LogP contribution in [0.5, 0.6) is 0 Å². The van der Waals surface area contributed by atoms with Gasteiger partial charge in [0, 0.05) is 5.38 Å². The van der Waals surface area contributed by atoms with Crippen molar-refractivity contribution >= 4 is 39.0 Å². The minimum atomic E-state index is -2.30. The average molecular weight is 519 g/mol. The van der Waals surface area contributed by atoms with Crippen LogP contribution in [-0.2, 0) is 11.2 Å². The van der Waals surface area contributed by atoms with Gasteiger partial charge in [0.2, 0.25) is 5.91 Å². The molecule has 190 valence electrons. The number of amides is 2. The fourth-order valence-electron chi connectivity index (χ4n) is 3.28. The first-order chi connectivity index (χ1) is 16.4. The molecule has 5 N–H and O–H groups in total. The van der Waals surface area contributed by atoms with Crippen LogP contribution < -0.4 is 10.6 Å². The van der Waals surface area contributed by atoms with Crippen LogP contribution in [0.1, 0.15) is 42.7 Å². The molecule has 12 heteroatoms. The highest BCUT2D eigenvalue weighted by Gasteiger charge is 2.30. The normalized spacial score (nSPS) is 13.3. The van der Waals surface area contributed by atoms with Crippen LogP contribution >= 0.6 is 11.8 Å². The van der Waals surface area contributed by atoms with Gasteiger partial charge in [-0.1, -0.05) is 44.2 Å². The summed E-state index contributed by atoms with van der Waals surface area (Å²) in [5, 5.41) is 25.9. The molecule has 0 aliphatic carbocycles. The number of hydrogen-bond acceptors (Lipinski definition) is 8. The van der Waals surface area contributed by atoms with Gasteiger partial charge in [-0.15, -0.1) is 11.8 Å². The lowest BCUT2D eigenvalue weighted by molar-refractivity contribution is -0.123. The monoisotopic (exact) mass is 518 g/mol. The molecule has 2 atom stereocenters. The smallest absolute Gasteiger partial charge is 0.431 e. The molecule has 1 aromatic heterocycles. The van der Waals surface area contributed by atoms with Crippen molar-refractivity contribution in [1.82, 2.24) is 20.6 Å². The summed E-state index contributed by atoms with van der Waals surface area (Å²) >= 11 is 1.33. The van der Waals surface area contributed by atoms with Crippen LogP contribution in [0, 0.1) is 5.92 Å². The van der Waals surface area contributed by atoms with Crippen LogP contribution in [0.25, 0.3) is 0 Å². The molecule has 0 radical (unpaired) electrons. The number of carbonyl (C=O) groups excluding carboxylic acids is 2. The highest BCUT2D eigenvalue weighted by molar-refractivity contribution is 8.00. The van der Waals surface area contributed by atoms with Gasteiger partial charge in [-0.2, -0.15) is 0 Å². The Balaban J connectivity index is 2.16.